The van der Waals surface area contributed by atoms with E-state index in [0.717, 1.165) is 35.1 Å². The molecule has 4 amide bonds. The number of methoxy groups -OCH3 is 2. The lowest BCUT2D eigenvalue weighted by Crippen LogP contribution is -2.51. The number of ether oxygens (including phenoxy) is 2. The van der Waals surface area contributed by atoms with Gasteiger partial charge in [0.15, 0.2) is 11.2 Å². The third-order valence-corrected chi connectivity index (χ3v) is 10.8. The van der Waals surface area contributed by atoms with Gasteiger partial charge in [0.1, 0.15) is 35.2 Å². The van der Waals surface area contributed by atoms with Gasteiger partial charge in [0, 0.05) is 13.1 Å². The van der Waals surface area contributed by atoms with Crippen molar-refractivity contribution in [1.82, 2.24) is 30.4 Å². The number of hydrogen-bond acceptors (Lipinski definition) is 10. The number of carbonyl (C=O) groups excluding carboxylic acids is 4. The molecule has 2 saturated heterocycles. The molecule has 0 saturated carbocycles. The maximum Gasteiger partial charge on any atom is 0.407 e. The van der Waals surface area contributed by atoms with E-state index in [1.807, 2.05) is 64.1 Å². The molecule has 56 heavy (non-hydrogen) atoms. The fourth-order valence-corrected chi connectivity index (χ4v) is 7.71. The molecule has 2 fully saturated rings. The Kier molecular flexibility index (Phi) is 11.0. The van der Waals surface area contributed by atoms with Crippen molar-refractivity contribution in [3.63, 3.8) is 0 Å². The van der Waals surface area contributed by atoms with Crippen molar-refractivity contribution in [1.29, 1.82) is 0 Å². The van der Waals surface area contributed by atoms with E-state index in [4.69, 9.17) is 28.3 Å². The van der Waals surface area contributed by atoms with Gasteiger partial charge in [-0.2, -0.15) is 0 Å². The zero-order chi connectivity index (χ0) is 39.7. The van der Waals surface area contributed by atoms with Gasteiger partial charge >= 0.3 is 12.2 Å². The Labute approximate surface area is 324 Å². The number of hydrogen-bond donors (Lipinski definition) is 2. The lowest BCUT2D eigenvalue weighted by Gasteiger charge is -2.29. The summed E-state index contributed by atoms with van der Waals surface area (Å²) in [5.74, 6) is 0.329. The average Bonchev–Trinajstić information content (AvgIpc) is 4.03. The van der Waals surface area contributed by atoms with E-state index in [0.29, 0.717) is 59.9 Å². The third kappa shape index (κ3) is 7.64. The van der Waals surface area contributed by atoms with Crippen LogP contribution in [0, 0.1) is 11.8 Å². The SMILES string of the molecule is COC(=O)NC(C(=O)N1CCCC1c1nc2ccc(-c3ccc(-c4ccc5nc(C6CCCN6C(=O)C(NC(=O)OC)C(C)C)oc5c4)cc3)cc2o1)C(C)C. The van der Waals surface area contributed by atoms with Gasteiger partial charge in [-0.15, -0.1) is 0 Å². The van der Waals surface area contributed by atoms with Gasteiger partial charge in [0.05, 0.1) is 14.2 Å². The molecule has 14 heteroatoms. The van der Waals surface area contributed by atoms with E-state index in [1.165, 1.54) is 14.2 Å². The van der Waals surface area contributed by atoms with Gasteiger partial charge in [-0.3, -0.25) is 9.59 Å². The van der Waals surface area contributed by atoms with Crippen molar-refractivity contribution in [3.8, 4) is 22.3 Å². The molecule has 7 rings (SSSR count). The molecule has 14 nitrogen and oxygen atoms in total. The van der Waals surface area contributed by atoms with Crippen LogP contribution in [0.3, 0.4) is 0 Å². The van der Waals surface area contributed by atoms with Crippen LogP contribution < -0.4 is 10.6 Å². The zero-order valence-corrected chi connectivity index (χ0v) is 32.5. The lowest BCUT2D eigenvalue weighted by atomic mass is 10.00. The Hall–Kier alpha value is -5.92. The van der Waals surface area contributed by atoms with Gasteiger partial charge in [-0.1, -0.05) is 64.1 Å². The van der Waals surface area contributed by atoms with Crippen LogP contribution in [0.2, 0.25) is 0 Å². The second kappa shape index (κ2) is 16.0. The topological polar surface area (TPSA) is 169 Å². The Morgan fingerprint density at radius 2 is 1.00 bits per heavy atom. The molecule has 2 aromatic heterocycles. The van der Waals surface area contributed by atoms with E-state index in [1.54, 1.807) is 9.80 Å². The summed E-state index contributed by atoms with van der Waals surface area (Å²) in [6.07, 6.45) is 1.75. The fourth-order valence-electron chi connectivity index (χ4n) is 7.71. The summed E-state index contributed by atoms with van der Waals surface area (Å²) in [5.41, 5.74) is 6.57. The van der Waals surface area contributed by atoms with E-state index in [9.17, 15) is 19.2 Å². The first-order valence-electron chi connectivity index (χ1n) is 19.2. The quantitative estimate of drug-likeness (QED) is 0.146. The fraction of sp³-hybridized carbons (Fsp3) is 0.429. The van der Waals surface area contributed by atoms with Crippen molar-refractivity contribution in [2.75, 3.05) is 27.3 Å². The normalized spacial score (nSPS) is 18.1. The minimum atomic E-state index is -0.723. The van der Waals surface area contributed by atoms with Gasteiger partial charge in [0.25, 0.3) is 0 Å². The Morgan fingerprint density at radius 3 is 1.36 bits per heavy atom. The first-order valence-corrected chi connectivity index (χ1v) is 19.2. The van der Waals surface area contributed by atoms with Gasteiger partial charge in [-0.05, 0) is 84.0 Å². The first kappa shape index (κ1) is 38.4. The molecule has 0 aliphatic carbocycles. The van der Waals surface area contributed by atoms with E-state index in [-0.39, 0.29) is 35.7 Å². The number of carbonyl (C=O) groups is 4. The molecule has 2 aliphatic rings. The lowest BCUT2D eigenvalue weighted by molar-refractivity contribution is -0.136. The standard InChI is InChI=1S/C42H48N6O8/c1-23(2)35(45-41(51)53-5)39(49)47-19-7-9-31(47)37-43-29-17-15-27(21-33(29)55-37)25-11-13-26(14-12-25)28-16-18-30-34(22-28)56-38(44-30)32-10-8-20-48(32)40(50)36(24(3)4)46-42(52)54-6/h11-18,21-24,31-32,35-36H,7-10,19-20H2,1-6H3,(H,45,51)(H,46,52). The number of oxazole rings is 2. The molecule has 2 aliphatic heterocycles. The molecular formula is C42H48N6O8. The van der Waals surface area contributed by atoms with Crippen molar-refractivity contribution in [3.05, 3.63) is 72.4 Å². The average molecular weight is 765 g/mol. The van der Waals surface area contributed by atoms with E-state index < -0.39 is 24.3 Å². The van der Waals surface area contributed by atoms with Crippen LogP contribution in [0.15, 0.2) is 69.5 Å². The molecular weight excluding hydrogens is 716 g/mol. The molecule has 4 heterocycles. The number of nitrogens with one attached hydrogen (secondary N) is 2. The molecule has 3 aromatic carbocycles. The molecule has 294 valence electrons. The number of benzene rings is 3. The number of nitrogens with zero attached hydrogens (tertiary/aromatic N) is 4. The second-order valence-corrected chi connectivity index (χ2v) is 15.1. The van der Waals surface area contributed by atoms with Crippen molar-refractivity contribution >= 4 is 46.2 Å². The highest BCUT2D eigenvalue weighted by molar-refractivity contribution is 5.88. The monoisotopic (exact) mass is 764 g/mol. The van der Waals surface area contributed by atoms with Crippen LogP contribution in [0.4, 0.5) is 9.59 Å². The number of aromatic nitrogens is 2. The summed E-state index contributed by atoms with van der Waals surface area (Å²) in [4.78, 5) is 64.1. The summed E-state index contributed by atoms with van der Waals surface area (Å²) in [6, 6.07) is 17.9. The highest BCUT2D eigenvalue weighted by Crippen LogP contribution is 2.37. The van der Waals surface area contributed by atoms with Crippen molar-refractivity contribution in [2.24, 2.45) is 11.8 Å². The molecule has 4 unspecified atom stereocenters. The number of amides is 4. The number of alkyl carbamates (subject to hydrolysis) is 2. The molecule has 0 spiro atoms. The van der Waals surface area contributed by atoms with Crippen molar-refractivity contribution in [2.45, 2.75) is 77.5 Å². The Morgan fingerprint density at radius 1 is 0.625 bits per heavy atom. The maximum absolute atomic E-state index is 13.6. The molecule has 0 radical (unpaired) electrons. The summed E-state index contributed by atoms with van der Waals surface area (Å²) in [6.45, 7) is 8.64. The summed E-state index contributed by atoms with van der Waals surface area (Å²) < 4.78 is 22.1. The molecule has 0 bridgehead atoms. The summed E-state index contributed by atoms with van der Waals surface area (Å²) in [5, 5.41) is 5.36. The molecule has 5 aromatic rings. The van der Waals surface area contributed by atoms with Gasteiger partial charge in [0.2, 0.25) is 23.6 Å². The Bertz CT molecular complexity index is 2090. The van der Waals surface area contributed by atoms with Crippen LogP contribution in [0.5, 0.6) is 0 Å². The minimum absolute atomic E-state index is 0.132. The third-order valence-electron chi connectivity index (χ3n) is 10.8. The molecule has 2 N–H and O–H groups in total. The van der Waals surface area contributed by atoms with Crippen LogP contribution in [-0.4, -0.2) is 83.2 Å². The largest absolute Gasteiger partial charge is 0.453 e. The van der Waals surface area contributed by atoms with Crippen LogP contribution in [0.1, 0.15) is 77.2 Å². The predicted molar refractivity (Wildman–Crippen MR) is 208 cm³/mol. The zero-order valence-electron chi connectivity index (χ0n) is 32.5. The highest BCUT2D eigenvalue weighted by Gasteiger charge is 2.40. The summed E-state index contributed by atoms with van der Waals surface area (Å²) in [7, 11) is 2.56. The van der Waals surface area contributed by atoms with Gasteiger partial charge in [-0.25, -0.2) is 19.6 Å². The summed E-state index contributed by atoms with van der Waals surface area (Å²) >= 11 is 0. The van der Waals surface area contributed by atoms with E-state index in [2.05, 4.69) is 34.9 Å². The van der Waals surface area contributed by atoms with Crippen LogP contribution >= 0.6 is 0 Å². The Balaban J connectivity index is 1.06. The second-order valence-electron chi connectivity index (χ2n) is 15.1. The number of fused-ring (bicyclic) bond motifs is 2. The molecule has 4 atom stereocenters. The first-order chi connectivity index (χ1) is 26.9. The van der Waals surface area contributed by atoms with Crippen molar-refractivity contribution < 1.29 is 37.5 Å². The number of likely N-dealkylation sites (tertiary alicyclic amines) is 2. The number of rotatable bonds is 10. The predicted octanol–water partition coefficient (Wildman–Crippen LogP) is 7.39. The van der Waals surface area contributed by atoms with E-state index >= 15 is 0 Å². The highest BCUT2D eigenvalue weighted by atomic mass is 16.5. The smallest absolute Gasteiger partial charge is 0.407 e. The van der Waals surface area contributed by atoms with Crippen LogP contribution in [-0.2, 0) is 19.1 Å². The minimum Gasteiger partial charge on any atom is -0.453 e. The maximum atomic E-state index is 13.6. The van der Waals surface area contributed by atoms with Crippen LogP contribution in [0.25, 0.3) is 44.5 Å². The van der Waals surface area contributed by atoms with Gasteiger partial charge < -0.3 is 38.7 Å².